The highest BCUT2D eigenvalue weighted by atomic mass is 32.2. The number of allylic oxidation sites excluding steroid dienone is 2. The molecule has 0 bridgehead atoms. The zero-order valence-electron chi connectivity index (χ0n) is 16.3. The van der Waals surface area contributed by atoms with Crippen molar-refractivity contribution in [3.8, 4) is 0 Å². The van der Waals surface area contributed by atoms with Crippen molar-refractivity contribution >= 4 is 10.0 Å². The molecular weight excluding hydrogens is 366 g/mol. The van der Waals surface area contributed by atoms with Gasteiger partial charge in [0.25, 0.3) is 0 Å². The summed E-state index contributed by atoms with van der Waals surface area (Å²) in [6.07, 6.45) is 6.46. The van der Waals surface area contributed by atoms with Crippen LogP contribution in [0.4, 0.5) is 0 Å². The second-order valence-electron chi connectivity index (χ2n) is 8.14. The van der Waals surface area contributed by atoms with Crippen molar-refractivity contribution in [2.45, 2.75) is 50.2 Å². The van der Waals surface area contributed by atoms with E-state index in [1.54, 1.807) is 18.5 Å². The van der Waals surface area contributed by atoms with Crippen LogP contribution in [-0.2, 0) is 19.5 Å². The van der Waals surface area contributed by atoms with E-state index >= 15 is 0 Å². The van der Waals surface area contributed by atoms with Gasteiger partial charge in [0.05, 0.1) is 26.0 Å². The van der Waals surface area contributed by atoms with E-state index in [2.05, 4.69) is 11.0 Å². The van der Waals surface area contributed by atoms with Gasteiger partial charge in [-0.2, -0.15) is 4.31 Å². The second kappa shape index (κ2) is 7.39. The summed E-state index contributed by atoms with van der Waals surface area (Å²) < 4.78 is 37.9. The van der Waals surface area contributed by atoms with E-state index in [0.29, 0.717) is 18.5 Å². The predicted molar refractivity (Wildman–Crippen MR) is 103 cm³/mol. The first kappa shape index (κ1) is 19.2. The SMILES string of the molecule is COC1=C(OC)CC2C(=C1)CCN1C[C@H](N3CCCCS3(=O)=O)[C@@H](N)C[C@@H]21. The van der Waals surface area contributed by atoms with Gasteiger partial charge in [-0.15, -0.1) is 0 Å². The molecule has 3 saturated heterocycles. The highest BCUT2D eigenvalue weighted by Gasteiger charge is 2.46. The molecule has 0 aromatic rings. The van der Waals surface area contributed by atoms with Crippen molar-refractivity contribution in [3.05, 3.63) is 23.2 Å². The molecule has 0 aromatic heterocycles. The van der Waals surface area contributed by atoms with Gasteiger partial charge in [0.2, 0.25) is 10.0 Å². The Morgan fingerprint density at radius 2 is 1.96 bits per heavy atom. The molecule has 3 heterocycles. The number of rotatable bonds is 3. The van der Waals surface area contributed by atoms with Gasteiger partial charge >= 0.3 is 0 Å². The van der Waals surface area contributed by atoms with Crippen LogP contribution in [0.2, 0.25) is 0 Å². The van der Waals surface area contributed by atoms with E-state index in [0.717, 1.165) is 56.7 Å². The minimum Gasteiger partial charge on any atom is -0.497 e. The molecule has 7 nitrogen and oxygen atoms in total. The number of sulfonamides is 1. The third-order valence-corrected chi connectivity index (χ3v) is 8.72. The number of methoxy groups -OCH3 is 2. The Kier molecular flexibility index (Phi) is 5.26. The lowest BCUT2D eigenvalue weighted by Crippen LogP contribution is -2.65. The minimum absolute atomic E-state index is 0.104. The fourth-order valence-corrected chi connectivity index (χ4v) is 7.16. The van der Waals surface area contributed by atoms with Gasteiger partial charge in [0, 0.05) is 44.1 Å². The Balaban J connectivity index is 1.54. The van der Waals surface area contributed by atoms with Crippen LogP contribution in [0.3, 0.4) is 0 Å². The van der Waals surface area contributed by atoms with Gasteiger partial charge in [-0.1, -0.05) is 5.57 Å². The third-order valence-electron chi connectivity index (χ3n) is 6.75. The monoisotopic (exact) mass is 397 g/mol. The molecule has 3 fully saturated rings. The smallest absolute Gasteiger partial charge is 0.214 e. The van der Waals surface area contributed by atoms with E-state index < -0.39 is 10.0 Å². The van der Waals surface area contributed by atoms with Crippen molar-refractivity contribution in [2.75, 3.05) is 39.6 Å². The largest absolute Gasteiger partial charge is 0.497 e. The fraction of sp³-hybridized carbons (Fsp3) is 0.789. The molecule has 8 heteroatoms. The van der Waals surface area contributed by atoms with Crippen LogP contribution in [0, 0.1) is 5.92 Å². The normalized spacial score (nSPS) is 37.2. The fourth-order valence-electron chi connectivity index (χ4n) is 5.31. The van der Waals surface area contributed by atoms with Gasteiger partial charge < -0.3 is 15.2 Å². The Labute approximate surface area is 162 Å². The maximum atomic E-state index is 12.6. The summed E-state index contributed by atoms with van der Waals surface area (Å²) in [6.45, 7) is 2.29. The lowest BCUT2D eigenvalue weighted by Gasteiger charge is -2.52. The maximum absolute atomic E-state index is 12.6. The van der Waals surface area contributed by atoms with E-state index in [-0.39, 0.29) is 17.8 Å². The number of piperidine rings is 2. The molecule has 27 heavy (non-hydrogen) atoms. The molecule has 4 atom stereocenters. The molecule has 1 aliphatic carbocycles. The van der Waals surface area contributed by atoms with E-state index in [1.165, 1.54) is 5.57 Å². The second-order valence-corrected chi connectivity index (χ2v) is 10.2. The molecule has 4 aliphatic rings. The van der Waals surface area contributed by atoms with Gasteiger partial charge in [-0.05, 0) is 31.8 Å². The molecule has 3 aliphatic heterocycles. The number of nitrogens with zero attached hydrogens (tertiary/aromatic N) is 2. The highest BCUT2D eigenvalue weighted by molar-refractivity contribution is 7.89. The molecule has 4 rings (SSSR count). The summed E-state index contributed by atoms with van der Waals surface area (Å²) in [5.41, 5.74) is 7.97. The van der Waals surface area contributed by atoms with Crippen molar-refractivity contribution in [1.29, 1.82) is 0 Å². The molecule has 0 aromatic carbocycles. The number of hydrogen-bond donors (Lipinski definition) is 1. The van der Waals surface area contributed by atoms with Crippen LogP contribution in [0.25, 0.3) is 0 Å². The third kappa shape index (κ3) is 3.41. The lowest BCUT2D eigenvalue weighted by molar-refractivity contribution is 0.0315. The Morgan fingerprint density at radius 1 is 1.15 bits per heavy atom. The highest BCUT2D eigenvalue weighted by Crippen LogP contribution is 2.42. The molecule has 1 unspecified atom stereocenters. The minimum atomic E-state index is -3.17. The quantitative estimate of drug-likeness (QED) is 0.766. The number of nitrogens with two attached hydrogens (primary N) is 1. The zero-order valence-corrected chi connectivity index (χ0v) is 17.1. The van der Waals surface area contributed by atoms with Crippen molar-refractivity contribution in [2.24, 2.45) is 11.7 Å². The van der Waals surface area contributed by atoms with E-state index in [1.807, 2.05) is 0 Å². The Hall–Kier alpha value is -1.09. The predicted octanol–water partition coefficient (Wildman–Crippen LogP) is 1.04. The Morgan fingerprint density at radius 3 is 2.67 bits per heavy atom. The molecule has 0 radical (unpaired) electrons. The molecule has 0 saturated carbocycles. The average molecular weight is 398 g/mol. The zero-order chi connectivity index (χ0) is 19.2. The van der Waals surface area contributed by atoms with E-state index in [9.17, 15) is 8.42 Å². The van der Waals surface area contributed by atoms with Crippen LogP contribution >= 0.6 is 0 Å². The van der Waals surface area contributed by atoms with Gasteiger partial charge in [-0.3, -0.25) is 4.90 Å². The number of fused-ring (bicyclic) bond motifs is 3. The van der Waals surface area contributed by atoms with Crippen LogP contribution < -0.4 is 5.73 Å². The first-order chi connectivity index (χ1) is 12.9. The number of ether oxygens (including phenoxy) is 2. The van der Waals surface area contributed by atoms with Gasteiger partial charge in [-0.25, -0.2) is 8.42 Å². The lowest BCUT2D eigenvalue weighted by atomic mass is 9.74. The maximum Gasteiger partial charge on any atom is 0.214 e. The summed E-state index contributed by atoms with van der Waals surface area (Å²) in [7, 11) is 0.204. The molecule has 0 amide bonds. The van der Waals surface area contributed by atoms with Crippen LogP contribution in [0.1, 0.15) is 32.1 Å². The summed E-state index contributed by atoms with van der Waals surface area (Å²) in [4.78, 5) is 2.46. The Bertz CT molecular complexity index is 748. The molecule has 0 spiro atoms. The topological polar surface area (TPSA) is 85.1 Å². The van der Waals surface area contributed by atoms with Crippen LogP contribution in [-0.4, -0.2) is 75.4 Å². The van der Waals surface area contributed by atoms with Crippen LogP contribution in [0.5, 0.6) is 0 Å². The van der Waals surface area contributed by atoms with Gasteiger partial charge in [0.15, 0.2) is 5.76 Å². The summed E-state index contributed by atoms with van der Waals surface area (Å²) in [5, 5.41) is 0. The first-order valence-corrected chi connectivity index (χ1v) is 11.6. The summed E-state index contributed by atoms with van der Waals surface area (Å²) >= 11 is 0. The van der Waals surface area contributed by atoms with E-state index in [4.69, 9.17) is 15.2 Å². The summed E-state index contributed by atoms with van der Waals surface area (Å²) in [6, 6.07) is 0.109. The standard InChI is InChI=1S/C19H31N3O4S/c1-25-18-9-13-5-7-21-12-17(22-6-3-4-8-27(22,23)24)15(20)11-16(21)14(13)10-19(18)26-2/h9,14-17H,3-8,10-12,20H2,1-2H3/t14?,15-,16-,17-/m0/s1. The molecule has 2 N–H and O–H groups in total. The van der Waals surface area contributed by atoms with Gasteiger partial charge in [0.1, 0.15) is 5.76 Å². The molecule has 152 valence electrons. The van der Waals surface area contributed by atoms with Crippen molar-refractivity contribution in [3.63, 3.8) is 0 Å². The molecular formula is C19H31N3O4S. The van der Waals surface area contributed by atoms with Crippen molar-refractivity contribution in [1.82, 2.24) is 9.21 Å². The average Bonchev–Trinajstić information content (AvgIpc) is 2.66. The first-order valence-electron chi connectivity index (χ1n) is 9.95. The van der Waals surface area contributed by atoms with Crippen molar-refractivity contribution < 1.29 is 17.9 Å². The van der Waals surface area contributed by atoms with Crippen LogP contribution in [0.15, 0.2) is 23.2 Å². The summed E-state index contributed by atoms with van der Waals surface area (Å²) in [5.74, 6) is 2.35. The number of hydrogen-bond acceptors (Lipinski definition) is 6.